The first kappa shape index (κ1) is 14.6. The van der Waals surface area contributed by atoms with E-state index < -0.39 is 5.54 Å². The summed E-state index contributed by atoms with van der Waals surface area (Å²) in [5.74, 6) is 2.21. The van der Waals surface area contributed by atoms with Crippen LogP contribution in [0.5, 0.6) is 0 Å². The quantitative estimate of drug-likeness (QED) is 0.915. The molecule has 0 saturated heterocycles. The second kappa shape index (κ2) is 5.79. The molecule has 0 saturated carbocycles. The molecule has 0 bridgehead atoms. The van der Waals surface area contributed by atoms with Gasteiger partial charge >= 0.3 is 0 Å². The van der Waals surface area contributed by atoms with Crippen LogP contribution in [0.1, 0.15) is 37.0 Å². The molecule has 1 aromatic heterocycles. The zero-order valence-corrected chi connectivity index (χ0v) is 13.0. The summed E-state index contributed by atoms with van der Waals surface area (Å²) in [4.78, 5) is 5.80. The van der Waals surface area contributed by atoms with Crippen LogP contribution in [-0.2, 0) is 10.3 Å². The largest absolute Gasteiger partial charge is 0.379 e. The van der Waals surface area contributed by atoms with E-state index in [1.54, 1.807) is 0 Å². The molecule has 2 aromatic rings. The Morgan fingerprint density at radius 2 is 2.29 bits per heavy atom. The molecule has 0 radical (unpaired) electrons. The van der Waals surface area contributed by atoms with E-state index in [1.807, 2.05) is 37.7 Å². The number of hydrogen-bond donors (Lipinski definition) is 1. The van der Waals surface area contributed by atoms with Gasteiger partial charge in [0.2, 0.25) is 5.89 Å². The number of fused-ring (bicyclic) bond motifs is 1. The fourth-order valence-corrected chi connectivity index (χ4v) is 3.57. The maximum Gasteiger partial charge on any atom is 0.235 e. The molecule has 2 heterocycles. The van der Waals surface area contributed by atoms with Crippen LogP contribution < -0.4 is 5.73 Å². The number of nitrogens with two attached hydrogens (primary N) is 1. The standard InChI is InChI=1S/C15H19N3O2S/c1-3-19-9-15(2,16)14-17-13(20-18-14)11-8-21-12-7-5-4-6-10(11)12/h4-7,11H,3,8-9,16H2,1-2H3. The molecule has 2 atom stereocenters. The van der Waals surface area contributed by atoms with E-state index in [1.165, 1.54) is 10.5 Å². The summed E-state index contributed by atoms with van der Waals surface area (Å²) in [7, 11) is 0. The summed E-state index contributed by atoms with van der Waals surface area (Å²) in [5.41, 5.74) is 6.73. The molecule has 0 spiro atoms. The highest BCUT2D eigenvalue weighted by atomic mass is 32.2. The zero-order valence-electron chi connectivity index (χ0n) is 12.2. The van der Waals surface area contributed by atoms with Crippen molar-refractivity contribution in [1.29, 1.82) is 0 Å². The van der Waals surface area contributed by atoms with Gasteiger partial charge in [0.05, 0.1) is 12.5 Å². The molecular formula is C15H19N3O2S. The van der Waals surface area contributed by atoms with E-state index in [4.69, 9.17) is 15.0 Å². The van der Waals surface area contributed by atoms with Gasteiger partial charge in [0, 0.05) is 17.3 Å². The third-order valence-corrected chi connectivity index (χ3v) is 4.74. The normalized spacial score (nSPS) is 20.2. The molecule has 2 N–H and O–H groups in total. The van der Waals surface area contributed by atoms with Gasteiger partial charge in [0.15, 0.2) is 5.82 Å². The average molecular weight is 305 g/mol. The van der Waals surface area contributed by atoms with Gasteiger partial charge in [0.1, 0.15) is 5.54 Å². The predicted octanol–water partition coefficient (Wildman–Crippen LogP) is 2.52. The summed E-state index contributed by atoms with van der Waals surface area (Å²) in [6, 6.07) is 8.33. The number of thioether (sulfide) groups is 1. The van der Waals surface area contributed by atoms with Gasteiger partial charge in [-0.25, -0.2) is 0 Å². The molecule has 1 aliphatic rings. The monoisotopic (exact) mass is 305 g/mol. The van der Waals surface area contributed by atoms with E-state index in [-0.39, 0.29) is 5.92 Å². The lowest BCUT2D eigenvalue weighted by Gasteiger charge is -2.19. The van der Waals surface area contributed by atoms with E-state index in [0.717, 1.165) is 5.75 Å². The number of aromatic nitrogens is 2. The molecule has 0 aliphatic carbocycles. The van der Waals surface area contributed by atoms with Crippen molar-refractivity contribution in [3.8, 4) is 0 Å². The van der Waals surface area contributed by atoms with Crippen LogP contribution >= 0.6 is 11.8 Å². The Morgan fingerprint density at radius 1 is 1.48 bits per heavy atom. The third-order valence-electron chi connectivity index (χ3n) is 3.56. The van der Waals surface area contributed by atoms with Gasteiger partial charge in [-0.15, -0.1) is 11.8 Å². The maximum absolute atomic E-state index is 6.22. The van der Waals surface area contributed by atoms with E-state index in [9.17, 15) is 0 Å². The lowest BCUT2D eigenvalue weighted by atomic mass is 10.0. The van der Waals surface area contributed by atoms with Crippen molar-refractivity contribution < 1.29 is 9.26 Å². The zero-order chi connectivity index (χ0) is 14.9. The molecule has 0 amide bonds. The van der Waals surface area contributed by atoms with Crippen molar-refractivity contribution in [3.05, 3.63) is 41.5 Å². The smallest absolute Gasteiger partial charge is 0.235 e. The first-order chi connectivity index (χ1) is 10.1. The number of hydrogen-bond acceptors (Lipinski definition) is 6. The van der Waals surface area contributed by atoms with Gasteiger partial charge in [-0.2, -0.15) is 4.98 Å². The second-order valence-corrected chi connectivity index (χ2v) is 6.47. The van der Waals surface area contributed by atoms with Crippen molar-refractivity contribution >= 4 is 11.8 Å². The van der Waals surface area contributed by atoms with Crippen molar-refractivity contribution in [1.82, 2.24) is 10.1 Å². The Labute approximate surface area is 128 Å². The first-order valence-electron chi connectivity index (χ1n) is 7.04. The Hall–Kier alpha value is -1.37. The first-order valence-corrected chi connectivity index (χ1v) is 8.03. The van der Waals surface area contributed by atoms with Crippen LogP contribution in [0.2, 0.25) is 0 Å². The Kier molecular flexibility index (Phi) is 4.01. The minimum Gasteiger partial charge on any atom is -0.379 e. The third kappa shape index (κ3) is 2.84. The Bertz CT molecular complexity index is 627. The molecule has 3 rings (SSSR count). The number of benzene rings is 1. The van der Waals surface area contributed by atoms with Crippen LogP contribution in [0.3, 0.4) is 0 Å². The van der Waals surface area contributed by atoms with Crippen LogP contribution in [0.15, 0.2) is 33.7 Å². The highest BCUT2D eigenvalue weighted by molar-refractivity contribution is 7.99. The lowest BCUT2D eigenvalue weighted by Crippen LogP contribution is -2.39. The van der Waals surface area contributed by atoms with Crippen molar-refractivity contribution in [2.45, 2.75) is 30.2 Å². The fourth-order valence-electron chi connectivity index (χ4n) is 2.35. The van der Waals surface area contributed by atoms with E-state index >= 15 is 0 Å². The Morgan fingerprint density at radius 3 is 3.10 bits per heavy atom. The van der Waals surface area contributed by atoms with Crippen LogP contribution in [-0.4, -0.2) is 29.1 Å². The summed E-state index contributed by atoms with van der Waals surface area (Å²) in [6.07, 6.45) is 0. The van der Waals surface area contributed by atoms with Crippen LogP contribution in [0, 0.1) is 0 Å². The number of nitrogens with zero attached hydrogens (tertiary/aromatic N) is 2. The maximum atomic E-state index is 6.22. The van der Waals surface area contributed by atoms with Crippen molar-refractivity contribution in [2.75, 3.05) is 19.0 Å². The molecule has 1 aliphatic heterocycles. The molecular weight excluding hydrogens is 286 g/mol. The van der Waals surface area contributed by atoms with Crippen molar-refractivity contribution in [3.63, 3.8) is 0 Å². The topological polar surface area (TPSA) is 74.2 Å². The van der Waals surface area contributed by atoms with Gasteiger partial charge in [0.25, 0.3) is 0 Å². The Balaban J connectivity index is 1.83. The summed E-state index contributed by atoms with van der Waals surface area (Å²) >= 11 is 1.82. The van der Waals surface area contributed by atoms with Crippen LogP contribution in [0.4, 0.5) is 0 Å². The van der Waals surface area contributed by atoms with E-state index in [0.29, 0.717) is 24.9 Å². The minimum absolute atomic E-state index is 0.148. The summed E-state index contributed by atoms with van der Waals surface area (Å²) in [5, 5.41) is 4.06. The lowest BCUT2D eigenvalue weighted by molar-refractivity contribution is 0.0962. The molecule has 21 heavy (non-hydrogen) atoms. The highest BCUT2D eigenvalue weighted by Crippen LogP contribution is 2.42. The van der Waals surface area contributed by atoms with Gasteiger partial charge in [-0.1, -0.05) is 23.4 Å². The second-order valence-electron chi connectivity index (χ2n) is 5.41. The number of rotatable bonds is 5. The molecule has 6 heteroatoms. The molecule has 112 valence electrons. The minimum atomic E-state index is -0.733. The average Bonchev–Trinajstić information content (AvgIpc) is 3.11. The highest BCUT2D eigenvalue weighted by Gasteiger charge is 2.33. The van der Waals surface area contributed by atoms with Crippen molar-refractivity contribution in [2.24, 2.45) is 5.73 Å². The summed E-state index contributed by atoms with van der Waals surface area (Å²) in [6.45, 7) is 4.78. The van der Waals surface area contributed by atoms with Crippen LogP contribution in [0.25, 0.3) is 0 Å². The fraction of sp³-hybridized carbons (Fsp3) is 0.467. The van der Waals surface area contributed by atoms with Gasteiger partial charge in [-0.05, 0) is 25.5 Å². The SMILES string of the molecule is CCOCC(C)(N)c1noc(C2CSc3ccccc32)n1. The van der Waals surface area contributed by atoms with E-state index in [2.05, 4.69) is 22.3 Å². The molecule has 1 aromatic carbocycles. The molecule has 2 unspecified atom stereocenters. The van der Waals surface area contributed by atoms with Gasteiger partial charge < -0.3 is 15.0 Å². The van der Waals surface area contributed by atoms with Gasteiger partial charge in [-0.3, -0.25) is 0 Å². The molecule has 5 nitrogen and oxygen atoms in total. The predicted molar refractivity (Wildman–Crippen MR) is 81.3 cm³/mol. The summed E-state index contributed by atoms with van der Waals surface area (Å²) < 4.78 is 10.9. The molecule has 0 fully saturated rings. The number of ether oxygens (including phenoxy) is 1.